The van der Waals surface area contributed by atoms with Crippen LogP contribution in [0.4, 0.5) is 0 Å². The van der Waals surface area contributed by atoms with Crippen LogP contribution in [0.1, 0.15) is 40.0 Å². The van der Waals surface area contributed by atoms with E-state index >= 15 is 0 Å². The molecule has 0 fully saturated rings. The molecular formula is C12H25NO3. The first-order chi connectivity index (χ1) is 7.60. The number of carbonyl (C=O) groups excluding carboxylic acids is 1. The summed E-state index contributed by atoms with van der Waals surface area (Å²) in [6.45, 7) is 7.72. The van der Waals surface area contributed by atoms with E-state index in [4.69, 9.17) is 9.47 Å². The fourth-order valence-corrected chi connectivity index (χ4v) is 1.52. The van der Waals surface area contributed by atoms with Gasteiger partial charge < -0.3 is 14.8 Å². The zero-order valence-corrected chi connectivity index (χ0v) is 11.0. The van der Waals surface area contributed by atoms with Crippen LogP contribution in [0.25, 0.3) is 0 Å². The van der Waals surface area contributed by atoms with Gasteiger partial charge in [-0.05, 0) is 39.7 Å². The molecule has 0 aromatic rings. The molecular weight excluding hydrogens is 206 g/mol. The lowest BCUT2D eigenvalue weighted by molar-refractivity contribution is -0.151. The van der Waals surface area contributed by atoms with Crippen LogP contribution in [0.3, 0.4) is 0 Å². The van der Waals surface area contributed by atoms with Crippen molar-refractivity contribution in [2.45, 2.75) is 45.6 Å². The van der Waals surface area contributed by atoms with Gasteiger partial charge in [0.25, 0.3) is 0 Å². The van der Waals surface area contributed by atoms with Crippen molar-refractivity contribution in [3.63, 3.8) is 0 Å². The van der Waals surface area contributed by atoms with E-state index in [1.54, 1.807) is 7.11 Å². The van der Waals surface area contributed by atoms with E-state index in [9.17, 15) is 4.79 Å². The largest absolute Gasteiger partial charge is 0.465 e. The number of hydrogen-bond donors (Lipinski definition) is 1. The van der Waals surface area contributed by atoms with Crippen LogP contribution in [-0.4, -0.2) is 38.4 Å². The van der Waals surface area contributed by atoms with Gasteiger partial charge in [-0.25, -0.2) is 0 Å². The van der Waals surface area contributed by atoms with Crippen LogP contribution in [0.2, 0.25) is 0 Å². The number of hydrogen-bond acceptors (Lipinski definition) is 4. The molecule has 0 aliphatic carbocycles. The average Bonchev–Trinajstić information content (AvgIpc) is 2.27. The molecule has 0 saturated carbocycles. The Morgan fingerprint density at radius 1 is 1.38 bits per heavy atom. The lowest BCUT2D eigenvalue weighted by Crippen LogP contribution is -2.50. The van der Waals surface area contributed by atoms with Gasteiger partial charge in [0.1, 0.15) is 5.54 Å². The molecule has 0 heterocycles. The predicted octanol–water partition coefficient (Wildman–Crippen LogP) is 1.73. The van der Waals surface area contributed by atoms with Crippen LogP contribution in [0, 0.1) is 0 Å². The summed E-state index contributed by atoms with van der Waals surface area (Å²) < 4.78 is 10.1. The average molecular weight is 231 g/mol. The van der Waals surface area contributed by atoms with Crippen LogP contribution in [0.5, 0.6) is 0 Å². The summed E-state index contributed by atoms with van der Waals surface area (Å²) in [5, 5.41) is 3.26. The third-order valence-corrected chi connectivity index (χ3v) is 2.52. The Morgan fingerprint density at radius 2 is 2.06 bits per heavy atom. The zero-order valence-electron chi connectivity index (χ0n) is 11.0. The summed E-state index contributed by atoms with van der Waals surface area (Å²) in [4.78, 5) is 11.8. The van der Waals surface area contributed by atoms with Crippen molar-refractivity contribution in [3.05, 3.63) is 0 Å². The second kappa shape index (κ2) is 8.53. The van der Waals surface area contributed by atoms with Crippen molar-refractivity contribution in [2.75, 3.05) is 26.9 Å². The Kier molecular flexibility index (Phi) is 8.21. The fraction of sp³-hybridized carbons (Fsp3) is 0.917. The van der Waals surface area contributed by atoms with E-state index < -0.39 is 5.54 Å². The number of esters is 1. The van der Waals surface area contributed by atoms with Gasteiger partial charge in [-0.2, -0.15) is 0 Å². The first-order valence-electron chi connectivity index (χ1n) is 6.02. The first kappa shape index (κ1) is 15.4. The molecule has 0 aromatic carbocycles. The van der Waals surface area contributed by atoms with E-state index in [-0.39, 0.29) is 5.97 Å². The van der Waals surface area contributed by atoms with E-state index in [0.717, 1.165) is 25.8 Å². The SMILES string of the molecule is CCCNC(C)(CCCOC)C(=O)OCC. The molecule has 4 heteroatoms. The molecule has 0 aliphatic heterocycles. The standard InChI is InChI=1S/C12H25NO3/c1-5-9-13-12(3,8-7-10-15-4)11(14)16-6-2/h13H,5-10H2,1-4H3. The second-order valence-electron chi connectivity index (χ2n) is 4.08. The fourth-order valence-electron chi connectivity index (χ4n) is 1.52. The van der Waals surface area contributed by atoms with Gasteiger partial charge in [0.05, 0.1) is 6.61 Å². The lowest BCUT2D eigenvalue weighted by atomic mass is 9.96. The van der Waals surface area contributed by atoms with E-state index in [1.807, 2.05) is 13.8 Å². The quantitative estimate of drug-likeness (QED) is 0.485. The van der Waals surface area contributed by atoms with Gasteiger partial charge in [0.15, 0.2) is 0 Å². The Bertz CT molecular complexity index is 197. The monoisotopic (exact) mass is 231 g/mol. The maximum Gasteiger partial charge on any atom is 0.326 e. The molecule has 1 N–H and O–H groups in total. The number of rotatable bonds is 9. The summed E-state index contributed by atoms with van der Waals surface area (Å²) in [5.74, 6) is -0.167. The van der Waals surface area contributed by atoms with Crippen LogP contribution < -0.4 is 5.32 Å². The van der Waals surface area contributed by atoms with Gasteiger partial charge in [-0.1, -0.05) is 6.92 Å². The number of methoxy groups -OCH3 is 1. The molecule has 0 aromatic heterocycles. The van der Waals surface area contributed by atoms with Crippen LogP contribution >= 0.6 is 0 Å². The molecule has 0 aliphatic rings. The minimum atomic E-state index is -0.579. The van der Waals surface area contributed by atoms with Gasteiger partial charge in [0.2, 0.25) is 0 Å². The lowest BCUT2D eigenvalue weighted by Gasteiger charge is -2.28. The van der Waals surface area contributed by atoms with E-state index in [1.165, 1.54) is 0 Å². The highest BCUT2D eigenvalue weighted by atomic mass is 16.5. The molecule has 0 saturated heterocycles. The molecule has 0 spiro atoms. The minimum absolute atomic E-state index is 0.167. The normalized spacial score (nSPS) is 14.5. The molecule has 4 nitrogen and oxygen atoms in total. The number of carbonyl (C=O) groups is 1. The van der Waals surface area contributed by atoms with Gasteiger partial charge in [-0.15, -0.1) is 0 Å². The highest BCUT2D eigenvalue weighted by Gasteiger charge is 2.33. The first-order valence-corrected chi connectivity index (χ1v) is 6.02. The summed E-state index contributed by atoms with van der Waals surface area (Å²) >= 11 is 0. The summed E-state index contributed by atoms with van der Waals surface area (Å²) in [5.41, 5.74) is -0.579. The highest BCUT2D eigenvalue weighted by Crippen LogP contribution is 2.15. The molecule has 0 rings (SSSR count). The Labute approximate surface area is 98.7 Å². The predicted molar refractivity (Wildman–Crippen MR) is 64.4 cm³/mol. The summed E-state index contributed by atoms with van der Waals surface area (Å²) in [6.07, 6.45) is 2.58. The van der Waals surface area contributed by atoms with Crippen molar-refractivity contribution in [2.24, 2.45) is 0 Å². The van der Waals surface area contributed by atoms with Crippen LogP contribution in [-0.2, 0) is 14.3 Å². The molecule has 96 valence electrons. The second-order valence-corrected chi connectivity index (χ2v) is 4.08. The Hall–Kier alpha value is -0.610. The van der Waals surface area contributed by atoms with Gasteiger partial charge in [0, 0.05) is 13.7 Å². The third-order valence-electron chi connectivity index (χ3n) is 2.52. The van der Waals surface area contributed by atoms with Gasteiger partial charge in [-0.3, -0.25) is 4.79 Å². The number of nitrogens with one attached hydrogen (secondary N) is 1. The van der Waals surface area contributed by atoms with Gasteiger partial charge >= 0.3 is 5.97 Å². The molecule has 1 unspecified atom stereocenters. The van der Waals surface area contributed by atoms with E-state index in [2.05, 4.69) is 12.2 Å². The van der Waals surface area contributed by atoms with Crippen molar-refractivity contribution in [1.82, 2.24) is 5.32 Å². The third kappa shape index (κ3) is 5.47. The van der Waals surface area contributed by atoms with Crippen molar-refractivity contribution in [3.8, 4) is 0 Å². The van der Waals surface area contributed by atoms with Crippen molar-refractivity contribution < 1.29 is 14.3 Å². The van der Waals surface area contributed by atoms with Crippen LogP contribution in [0.15, 0.2) is 0 Å². The molecule has 1 atom stereocenters. The maximum atomic E-state index is 11.8. The van der Waals surface area contributed by atoms with E-state index in [0.29, 0.717) is 13.2 Å². The summed E-state index contributed by atoms with van der Waals surface area (Å²) in [6, 6.07) is 0. The molecule has 0 radical (unpaired) electrons. The Morgan fingerprint density at radius 3 is 2.56 bits per heavy atom. The molecule has 0 amide bonds. The van der Waals surface area contributed by atoms with Crippen molar-refractivity contribution >= 4 is 5.97 Å². The van der Waals surface area contributed by atoms with Crippen molar-refractivity contribution in [1.29, 1.82) is 0 Å². The smallest absolute Gasteiger partial charge is 0.326 e. The maximum absolute atomic E-state index is 11.8. The summed E-state index contributed by atoms with van der Waals surface area (Å²) in [7, 11) is 1.67. The molecule has 0 bridgehead atoms. The Balaban J connectivity index is 4.28. The highest BCUT2D eigenvalue weighted by molar-refractivity contribution is 5.80. The zero-order chi connectivity index (χ0) is 12.4. The minimum Gasteiger partial charge on any atom is -0.465 e. The molecule has 16 heavy (non-hydrogen) atoms. The topological polar surface area (TPSA) is 47.6 Å². The number of ether oxygens (including phenoxy) is 2.